The summed E-state index contributed by atoms with van der Waals surface area (Å²) < 4.78 is 22.8. The molecule has 0 aromatic carbocycles. The molecule has 0 radical (unpaired) electrons. The minimum Gasteiger partial charge on any atom is -0.390 e. The molecule has 0 amide bonds. The highest BCUT2D eigenvalue weighted by Gasteiger charge is 2.36. The van der Waals surface area contributed by atoms with E-state index in [-0.39, 0.29) is 17.5 Å². The Morgan fingerprint density at radius 2 is 2.00 bits per heavy atom. The molecule has 2 N–H and O–H groups in total. The molecule has 6 nitrogen and oxygen atoms in total. The molecule has 3 atom stereocenters. The fourth-order valence-electron chi connectivity index (χ4n) is 2.63. The molecule has 2 aliphatic heterocycles. The number of hydrogen-bond acceptors (Lipinski definition) is 6. The second kappa shape index (κ2) is 5.42. The summed E-state index contributed by atoms with van der Waals surface area (Å²) in [5.41, 5.74) is 0. The monoisotopic (exact) mass is 277 g/mol. The van der Waals surface area contributed by atoms with Crippen molar-refractivity contribution in [2.45, 2.75) is 18.2 Å². The number of hydrogen-bond donors (Lipinski definition) is 2. The zero-order valence-electron chi connectivity index (χ0n) is 11.0. The van der Waals surface area contributed by atoms with Crippen LogP contribution in [0.3, 0.4) is 0 Å². The van der Waals surface area contributed by atoms with Crippen LogP contribution in [-0.4, -0.2) is 93.3 Å². The van der Waals surface area contributed by atoms with Crippen LogP contribution in [0.4, 0.5) is 0 Å². The summed E-state index contributed by atoms with van der Waals surface area (Å²) in [5, 5.41) is 12.9. The van der Waals surface area contributed by atoms with Crippen LogP contribution in [0.2, 0.25) is 0 Å². The van der Waals surface area contributed by atoms with Gasteiger partial charge in [-0.25, -0.2) is 8.42 Å². The van der Waals surface area contributed by atoms with Gasteiger partial charge in [-0.2, -0.15) is 0 Å². The Kier molecular flexibility index (Phi) is 4.28. The quantitative estimate of drug-likeness (QED) is 0.620. The molecule has 7 heteroatoms. The van der Waals surface area contributed by atoms with E-state index >= 15 is 0 Å². The molecule has 0 aromatic heterocycles. The largest absolute Gasteiger partial charge is 0.390 e. The van der Waals surface area contributed by atoms with Gasteiger partial charge >= 0.3 is 0 Å². The van der Waals surface area contributed by atoms with Crippen LogP contribution in [0, 0.1) is 0 Å². The molecular weight excluding hydrogens is 254 g/mol. The van der Waals surface area contributed by atoms with Crippen LogP contribution in [0.15, 0.2) is 0 Å². The fourth-order valence-corrected chi connectivity index (χ4v) is 4.41. The van der Waals surface area contributed by atoms with Crippen LogP contribution in [0.5, 0.6) is 0 Å². The number of piperazine rings is 1. The molecule has 2 heterocycles. The van der Waals surface area contributed by atoms with Gasteiger partial charge in [0.1, 0.15) is 0 Å². The van der Waals surface area contributed by atoms with Gasteiger partial charge < -0.3 is 15.3 Å². The van der Waals surface area contributed by atoms with Crippen LogP contribution in [-0.2, 0) is 9.84 Å². The highest BCUT2D eigenvalue weighted by molar-refractivity contribution is 7.91. The number of aliphatic hydroxyl groups excluding tert-OH is 1. The number of nitrogens with zero attached hydrogens (tertiary/aromatic N) is 2. The van der Waals surface area contributed by atoms with Gasteiger partial charge in [0.05, 0.1) is 17.6 Å². The van der Waals surface area contributed by atoms with E-state index in [1.54, 1.807) is 0 Å². The van der Waals surface area contributed by atoms with E-state index in [0.29, 0.717) is 6.04 Å². The maximum absolute atomic E-state index is 11.4. The van der Waals surface area contributed by atoms with E-state index in [4.69, 9.17) is 0 Å². The number of aliphatic hydroxyl groups is 1. The summed E-state index contributed by atoms with van der Waals surface area (Å²) >= 11 is 0. The Morgan fingerprint density at radius 3 is 2.61 bits per heavy atom. The summed E-state index contributed by atoms with van der Waals surface area (Å²) in [7, 11) is 1.12. The molecule has 2 aliphatic rings. The lowest BCUT2D eigenvalue weighted by Crippen LogP contribution is -2.55. The molecular formula is C11H23N3O3S. The Balaban J connectivity index is 1.84. The number of rotatable bonds is 3. The molecule has 106 valence electrons. The molecule has 0 aromatic rings. The average Bonchev–Trinajstić information content (AvgIpc) is 2.53. The molecule has 0 spiro atoms. The van der Waals surface area contributed by atoms with E-state index < -0.39 is 15.9 Å². The van der Waals surface area contributed by atoms with Gasteiger partial charge in [0.25, 0.3) is 0 Å². The second-order valence-corrected chi connectivity index (χ2v) is 7.71. The fraction of sp³-hybridized carbons (Fsp3) is 1.00. The third-order valence-electron chi connectivity index (χ3n) is 3.92. The first-order valence-electron chi connectivity index (χ1n) is 6.38. The van der Waals surface area contributed by atoms with Gasteiger partial charge in [0, 0.05) is 38.3 Å². The van der Waals surface area contributed by atoms with Crippen LogP contribution < -0.4 is 5.32 Å². The maximum Gasteiger partial charge on any atom is 0.154 e. The van der Waals surface area contributed by atoms with Crippen LogP contribution in [0.1, 0.15) is 0 Å². The van der Waals surface area contributed by atoms with Gasteiger partial charge in [-0.15, -0.1) is 0 Å². The highest BCUT2D eigenvalue weighted by atomic mass is 32.2. The van der Waals surface area contributed by atoms with Crippen LogP contribution in [0.25, 0.3) is 0 Å². The molecule has 0 aliphatic carbocycles. The number of sulfone groups is 1. The highest BCUT2D eigenvalue weighted by Crippen LogP contribution is 2.13. The van der Waals surface area contributed by atoms with E-state index in [2.05, 4.69) is 29.2 Å². The summed E-state index contributed by atoms with van der Waals surface area (Å²) in [6.07, 6.45) is -0.762. The van der Waals surface area contributed by atoms with Crippen molar-refractivity contribution in [3.63, 3.8) is 0 Å². The molecule has 2 saturated heterocycles. The Hall–Kier alpha value is -0.210. The number of likely N-dealkylation sites (N-methyl/N-ethyl adjacent to an activating group) is 2. The molecule has 18 heavy (non-hydrogen) atoms. The third kappa shape index (κ3) is 3.42. The normalized spacial score (nSPS) is 38.1. The standard InChI is InChI=1S/C11H23N3O3S/c1-13-3-4-14(2)9(6-13)5-12-10-7-18(16,17)8-11(10)15/h9-12,15H,3-8H2,1-2H3. The van der Waals surface area contributed by atoms with Crippen molar-refractivity contribution in [1.29, 1.82) is 0 Å². The Labute approximate surface area is 109 Å². The zero-order chi connectivity index (χ0) is 13.3. The lowest BCUT2D eigenvalue weighted by Gasteiger charge is -2.38. The molecule has 2 fully saturated rings. The Bertz CT molecular complexity index is 387. The third-order valence-corrected chi connectivity index (χ3v) is 5.63. The molecule has 3 unspecified atom stereocenters. The lowest BCUT2D eigenvalue weighted by molar-refractivity contribution is 0.103. The van der Waals surface area contributed by atoms with E-state index in [9.17, 15) is 13.5 Å². The minimum atomic E-state index is -3.06. The van der Waals surface area contributed by atoms with Crippen molar-refractivity contribution >= 4 is 9.84 Å². The van der Waals surface area contributed by atoms with Crippen molar-refractivity contribution in [3.8, 4) is 0 Å². The lowest BCUT2D eigenvalue weighted by atomic mass is 10.1. The first-order valence-corrected chi connectivity index (χ1v) is 8.20. The van der Waals surface area contributed by atoms with E-state index in [0.717, 1.165) is 26.2 Å². The van der Waals surface area contributed by atoms with Crippen LogP contribution >= 0.6 is 0 Å². The molecule has 0 bridgehead atoms. The summed E-state index contributed by atoms with van der Waals surface area (Å²) in [4.78, 5) is 4.55. The summed E-state index contributed by atoms with van der Waals surface area (Å²) in [6.45, 7) is 3.78. The molecule has 0 saturated carbocycles. The van der Waals surface area contributed by atoms with Gasteiger partial charge in [-0.1, -0.05) is 0 Å². The molecule has 2 rings (SSSR count). The maximum atomic E-state index is 11.4. The van der Waals surface area contributed by atoms with Gasteiger partial charge in [0.15, 0.2) is 9.84 Å². The first-order chi connectivity index (χ1) is 8.37. The van der Waals surface area contributed by atoms with Crippen molar-refractivity contribution in [2.75, 3.05) is 51.8 Å². The topological polar surface area (TPSA) is 72.9 Å². The number of nitrogens with one attached hydrogen (secondary N) is 1. The minimum absolute atomic E-state index is 0.0560. The van der Waals surface area contributed by atoms with Crippen molar-refractivity contribution in [1.82, 2.24) is 15.1 Å². The first kappa shape index (κ1) is 14.2. The Morgan fingerprint density at radius 1 is 1.28 bits per heavy atom. The second-order valence-electron chi connectivity index (χ2n) is 5.56. The summed E-state index contributed by atoms with van der Waals surface area (Å²) in [6, 6.07) is 0.0647. The van der Waals surface area contributed by atoms with Crippen molar-refractivity contribution in [2.24, 2.45) is 0 Å². The SMILES string of the molecule is CN1CCN(C)C(CNC2CS(=O)(=O)CC2O)C1. The van der Waals surface area contributed by atoms with Gasteiger partial charge in [-0.3, -0.25) is 4.90 Å². The zero-order valence-corrected chi connectivity index (χ0v) is 11.9. The van der Waals surface area contributed by atoms with E-state index in [1.165, 1.54) is 0 Å². The smallest absolute Gasteiger partial charge is 0.154 e. The predicted molar refractivity (Wildman–Crippen MR) is 70.4 cm³/mol. The van der Waals surface area contributed by atoms with Gasteiger partial charge in [0.2, 0.25) is 0 Å². The average molecular weight is 277 g/mol. The van der Waals surface area contributed by atoms with Crippen molar-refractivity contribution in [3.05, 3.63) is 0 Å². The van der Waals surface area contributed by atoms with Gasteiger partial charge in [-0.05, 0) is 14.1 Å². The predicted octanol–water partition coefficient (Wildman–Crippen LogP) is -2.02. The van der Waals surface area contributed by atoms with E-state index in [1.807, 2.05) is 0 Å². The summed E-state index contributed by atoms with van der Waals surface area (Å²) in [5.74, 6) is -0.0501. The van der Waals surface area contributed by atoms with Crippen molar-refractivity contribution < 1.29 is 13.5 Å².